The average molecular weight is 302 g/mol. The molecule has 0 saturated heterocycles. The summed E-state index contributed by atoms with van der Waals surface area (Å²) >= 11 is 0. The molecule has 0 unspecified atom stereocenters. The molecule has 0 aromatic heterocycles. The molecule has 4 aliphatic carbocycles. The summed E-state index contributed by atoms with van der Waals surface area (Å²) in [6, 6.07) is 0. The highest BCUT2D eigenvalue weighted by atomic mass is 16.3. The van der Waals surface area contributed by atoms with E-state index in [0.717, 1.165) is 32.1 Å². The molecular formula is C19H26O3. The van der Waals surface area contributed by atoms with E-state index < -0.39 is 6.10 Å². The van der Waals surface area contributed by atoms with Crippen molar-refractivity contribution in [2.45, 2.75) is 64.9 Å². The zero-order chi connectivity index (χ0) is 15.7. The summed E-state index contributed by atoms with van der Waals surface area (Å²) in [7, 11) is 0. The van der Waals surface area contributed by atoms with Crippen LogP contribution in [0.1, 0.15) is 58.8 Å². The van der Waals surface area contributed by atoms with Gasteiger partial charge in [0.05, 0.1) is 0 Å². The molecule has 0 heterocycles. The zero-order valence-electron chi connectivity index (χ0n) is 13.6. The lowest BCUT2D eigenvalue weighted by Gasteiger charge is -2.57. The smallest absolute Gasteiger partial charge is 0.162 e. The van der Waals surface area contributed by atoms with Crippen LogP contribution in [-0.2, 0) is 9.59 Å². The molecule has 1 N–H and O–H groups in total. The summed E-state index contributed by atoms with van der Waals surface area (Å²) in [5.74, 6) is 1.80. The molecule has 120 valence electrons. The Morgan fingerprint density at radius 3 is 2.64 bits per heavy atom. The fourth-order valence-electron chi connectivity index (χ4n) is 6.33. The molecule has 4 aliphatic rings. The molecule has 0 amide bonds. The van der Waals surface area contributed by atoms with Gasteiger partial charge in [0.2, 0.25) is 0 Å². The van der Waals surface area contributed by atoms with Crippen molar-refractivity contribution in [2.75, 3.05) is 0 Å². The molecule has 0 aromatic carbocycles. The number of Topliss-reactive ketones (excluding diaryl/α,β-unsaturated/α-hetero) is 1. The third-order valence-electron chi connectivity index (χ3n) is 7.75. The Morgan fingerprint density at radius 1 is 1.09 bits per heavy atom. The Hall–Kier alpha value is -0.960. The number of carbonyl (C=O) groups is 2. The van der Waals surface area contributed by atoms with Gasteiger partial charge in [-0.15, -0.1) is 0 Å². The van der Waals surface area contributed by atoms with Gasteiger partial charge in [0.1, 0.15) is 6.10 Å². The lowest BCUT2D eigenvalue weighted by molar-refractivity contribution is -0.129. The quantitative estimate of drug-likeness (QED) is 0.748. The van der Waals surface area contributed by atoms with Gasteiger partial charge in [-0.2, -0.15) is 0 Å². The van der Waals surface area contributed by atoms with E-state index >= 15 is 0 Å². The second kappa shape index (κ2) is 4.53. The Labute approximate surface area is 132 Å². The van der Waals surface area contributed by atoms with Crippen LogP contribution in [0.5, 0.6) is 0 Å². The van der Waals surface area contributed by atoms with E-state index in [-0.39, 0.29) is 22.4 Å². The minimum Gasteiger partial charge on any atom is -0.385 e. The minimum absolute atomic E-state index is 0.0541. The fraction of sp³-hybridized carbons (Fsp3) is 0.789. The number of aliphatic hydroxyl groups excluding tert-OH is 1. The van der Waals surface area contributed by atoms with Gasteiger partial charge in [-0.1, -0.05) is 19.4 Å². The van der Waals surface area contributed by atoms with Gasteiger partial charge in [-0.3, -0.25) is 9.59 Å². The monoisotopic (exact) mass is 302 g/mol. The predicted molar refractivity (Wildman–Crippen MR) is 83.1 cm³/mol. The Morgan fingerprint density at radius 2 is 1.86 bits per heavy atom. The van der Waals surface area contributed by atoms with Crippen LogP contribution in [0.2, 0.25) is 0 Å². The van der Waals surface area contributed by atoms with E-state index in [2.05, 4.69) is 13.8 Å². The van der Waals surface area contributed by atoms with Crippen molar-refractivity contribution in [1.29, 1.82) is 0 Å². The first-order valence-corrected chi connectivity index (χ1v) is 8.81. The number of fused-ring (bicyclic) bond motifs is 5. The van der Waals surface area contributed by atoms with Crippen molar-refractivity contribution in [2.24, 2.45) is 28.6 Å². The van der Waals surface area contributed by atoms with Gasteiger partial charge in [0, 0.05) is 18.3 Å². The molecule has 6 atom stereocenters. The number of allylic oxidation sites excluding steroid dienone is 1. The maximum absolute atomic E-state index is 12.1. The first-order valence-electron chi connectivity index (χ1n) is 8.81. The van der Waals surface area contributed by atoms with Crippen LogP contribution >= 0.6 is 0 Å². The van der Waals surface area contributed by atoms with Crippen molar-refractivity contribution in [3.05, 3.63) is 11.6 Å². The normalized spacial score (nSPS) is 51.0. The van der Waals surface area contributed by atoms with Crippen molar-refractivity contribution >= 4 is 11.6 Å². The standard InChI is InChI=1S/C19H26O3/c1-18-7-5-12(20)9-11(18)3-4-13-14(18)6-8-19(2)15(13)10-16(21)17(19)22/h9,13-15,17,22H,3-8,10H2,1-2H3/t13-,14+,15+,17+,18-,19-/m0/s1. The summed E-state index contributed by atoms with van der Waals surface area (Å²) in [4.78, 5) is 23.9. The maximum atomic E-state index is 12.1. The summed E-state index contributed by atoms with van der Waals surface area (Å²) < 4.78 is 0. The summed E-state index contributed by atoms with van der Waals surface area (Å²) in [5, 5.41) is 10.4. The third-order valence-corrected chi connectivity index (χ3v) is 7.75. The van der Waals surface area contributed by atoms with Gasteiger partial charge in [-0.05, 0) is 61.3 Å². The number of hydrogen-bond acceptors (Lipinski definition) is 3. The van der Waals surface area contributed by atoms with Crippen LogP contribution in [0.4, 0.5) is 0 Å². The second-order valence-corrected chi connectivity index (χ2v) is 8.59. The van der Waals surface area contributed by atoms with Gasteiger partial charge < -0.3 is 5.11 Å². The molecule has 3 nitrogen and oxygen atoms in total. The van der Waals surface area contributed by atoms with Crippen LogP contribution < -0.4 is 0 Å². The lowest BCUT2D eigenvalue weighted by atomic mass is 9.47. The molecular weight excluding hydrogens is 276 g/mol. The number of ketones is 2. The molecule has 3 saturated carbocycles. The summed E-state index contributed by atoms with van der Waals surface area (Å²) in [6.45, 7) is 4.47. The second-order valence-electron chi connectivity index (χ2n) is 8.59. The molecule has 3 fully saturated rings. The van der Waals surface area contributed by atoms with Crippen molar-refractivity contribution in [1.82, 2.24) is 0 Å². The SMILES string of the molecule is C[C@]12CC[C@@H]3[C@H](CCC4=CC(=O)CC[C@@]43C)[C@H]1CC(=O)[C@H]2O. The third kappa shape index (κ3) is 1.72. The predicted octanol–water partition coefficient (Wildman–Crippen LogP) is 3.06. The Kier molecular flexibility index (Phi) is 3.01. The van der Waals surface area contributed by atoms with E-state index in [1.807, 2.05) is 6.08 Å². The highest BCUT2D eigenvalue weighted by molar-refractivity contribution is 5.91. The molecule has 0 radical (unpaired) electrons. The van der Waals surface area contributed by atoms with Crippen LogP contribution in [-0.4, -0.2) is 22.8 Å². The molecule has 3 heteroatoms. The fourth-order valence-corrected chi connectivity index (χ4v) is 6.33. The number of hydrogen-bond donors (Lipinski definition) is 1. The number of aliphatic hydroxyl groups is 1. The number of carbonyl (C=O) groups excluding carboxylic acids is 2. The summed E-state index contributed by atoms with van der Waals surface area (Å²) in [6.07, 6.45) is 7.49. The maximum Gasteiger partial charge on any atom is 0.162 e. The van der Waals surface area contributed by atoms with Gasteiger partial charge in [0.15, 0.2) is 11.6 Å². The van der Waals surface area contributed by atoms with Crippen molar-refractivity contribution in [3.8, 4) is 0 Å². The summed E-state index contributed by atoms with van der Waals surface area (Å²) in [5.41, 5.74) is 1.30. The van der Waals surface area contributed by atoms with E-state index in [1.54, 1.807) is 0 Å². The first kappa shape index (κ1) is 14.6. The average Bonchev–Trinajstić information content (AvgIpc) is 2.72. The van der Waals surface area contributed by atoms with Crippen molar-refractivity contribution in [3.63, 3.8) is 0 Å². The van der Waals surface area contributed by atoms with Crippen LogP contribution in [0.3, 0.4) is 0 Å². The topological polar surface area (TPSA) is 54.4 Å². The molecule has 0 aromatic rings. The van der Waals surface area contributed by atoms with E-state index in [4.69, 9.17) is 0 Å². The van der Waals surface area contributed by atoms with Gasteiger partial charge in [0.25, 0.3) is 0 Å². The largest absolute Gasteiger partial charge is 0.385 e. The number of rotatable bonds is 0. The molecule has 0 spiro atoms. The van der Waals surface area contributed by atoms with Crippen LogP contribution in [0.15, 0.2) is 11.6 Å². The highest BCUT2D eigenvalue weighted by Gasteiger charge is 2.61. The highest BCUT2D eigenvalue weighted by Crippen LogP contribution is 2.64. The van der Waals surface area contributed by atoms with Crippen molar-refractivity contribution < 1.29 is 14.7 Å². The zero-order valence-corrected chi connectivity index (χ0v) is 13.6. The van der Waals surface area contributed by atoms with E-state index in [1.165, 1.54) is 5.57 Å². The van der Waals surface area contributed by atoms with E-state index in [9.17, 15) is 14.7 Å². The van der Waals surface area contributed by atoms with Gasteiger partial charge >= 0.3 is 0 Å². The van der Waals surface area contributed by atoms with Gasteiger partial charge in [-0.25, -0.2) is 0 Å². The van der Waals surface area contributed by atoms with Crippen LogP contribution in [0.25, 0.3) is 0 Å². The molecule has 22 heavy (non-hydrogen) atoms. The van der Waals surface area contributed by atoms with Crippen LogP contribution in [0, 0.1) is 28.6 Å². The molecule has 4 rings (SSSR count). The Balaban J connectivity index is 1.70. The first-order chi connectivity index (χ1) is 10.4. The Bertz CT molecular complexity index is 577. The van der Waals surface area contributed by atoms with E-state index in [0.29, 0.717) is 30.6 Å². The lowest BCUT2D eigenvalue weighted by Crippen LogP contribution is -2.51. The minimum atomic E-state index is -0.754. The molecule has 0 bridgehead atoms. The molecule has 0 aliphatic heterocycles.